The molecule has 0 saturated carbocycles. The second kappa shape index (κ2) is 4.72. The van der Waals surface area contributed by atoms with E-state index in [2.05, 4.69) is 0 Å². The average molecular weight is 226 g/mol. The van der Waals surface area contributed by atoms with Crippen molar-refractivity contribution in [1.82, 2.24) is 4.90 Å². The summed E-state index contributed by atoms with van der Waals surface area (Å²) >= 11 is 1.65. The predicted molar refractivity (Wildman–Crippen MR) is 59.4 cm³/mol. The molecule has 1 aromatic heterocycles. The maximum atomic E-state index is 11.7. The van der Waals surface area contributed by atoms with Gasteiger partial charge >= 0.3 is 0 Å². The van der Waals surface area contributed by atoms with Crippen molar-refractivity contribution >= 4 is 17.7 Å². The fraction of sp³-hybridized carbons (Fsp3) is 0.500. The minimum atomic E-state index is 0.140. The van der Waals surface area contributed by atoms with E-state index in [0.717, 1.165) is 11.5 Å². The molecule has 2 heterocycles. The third-order valence-electron chi connectivity index (χ3n) is 2.48. The van der Waals surface area contributed by atoms with E-state index in [9.17, 15) is 4.79 Å². The van der Waals surface area contributed by atoms with Gasteiger partial charge in [0.1, 0.15) is 5.76 Å². The Morgan fingerprint density at radius 2 is 2.53 bits per heavy atom. The maximum absolute atomic E-state index is 11.7. The summed E-state index contributed by atoms with van der Waals surface area (Å²) in [5.41, 5.74) is 5.65. The highest BCUT2D eigenvalue weighted by Crippen LogP contribution is 2.19. The van der Waals surface area contributed by atoms with Crippen LogP contribution in [0.15, 0.2) is 22.8 Å². The van der Waals surface area contributed by atoms with Crippen molar-refractivity contribution < 1.29 is 9.21 Å². The minimum absolute atomic E-state index is 0.140. The average Bonchev–Trinajstić information content (AvgIpc) is 2.74. The topological polar surface area (TPSA) is 59.5 Å². The van der Waals surface area contributed by atoms with E-state index in [1.165, 1.54) is 0 Å². The first kappa shape index (κ1) is 10.6. The molecule has 5 heteroatoms. The second-order valence-corrected chi connectivity index (χ2v) is 4.54. The van der Waals surface area contributed by atoms with Gasteiger partial charge in [-0.25, -0.2) is 0 Å². The highest BCUT2D eigenvalue weighted by Gasteiger charge is 2.27. The monoisotopic (exact) mass is 226 g/mol. The number of hydrogen-bond acceptors (Lipinski definition) is 4. The first-order valence-electron chi connectivity index (χ1n) is 4.91. The van der Waals surface area contributed by atoms with Crippen LogP contribution in [0.5, 0.6) is 0 Å². The molecule has 0 radical (unpaired) electrons. The Kier molecular flexibility index (Phi) is 3.33. The molecule has 1 aliphatic heterocycles. The number of nitrogens with zero attached hydrogens (tertiary/aromatic N) is 1. The van der Waals surface area contributed by atoms with Gasteiger partial charge in [0.25, 0.3) is 0 Å². The Balaban J connectivity index is 2.06. The molecule has 0 bridgehead atoms. The van der Waals surface area contributed by atoms with Crippen molar-refractivity contribution in [3.05, 3.63) is 24.2 Å². The van der Waals surface area contributed by atoms with E-state index in [-0.39, 0.29) is 11.9 Å². The summed E-state index contributed by atoms with van der Waals surface area (Å²) in [7, 11) is 0. The van der Waals surface area contributed by atoms with E-state index in [1.807, 2.05) is 17.0 Å². The lowest BCUT2D eigenvalue weighted by Gasteiger charge is -2.33. The third-order valence-corrected chi connectivity index (χ3v) is 3.55. The fourth-order valence-electron chi connectivity index (χ4n) is 1.64. The third kappa shape index (κ3) is 2.35. The van der Waals surface area contributed by atoms with Crippen molar-refractivity contribution in [2.45, 2.75) is 12.6 Å². The van der Waals surface area contributed by atoms with E-state index in [1.54, 1.807) is 18.0 Å². The van der Waals surface area contributed by atoms with Crippen molar-refractivity contribution in [1.29, 1.82) is 0 Å². The normalized spacial score (nSPS) is 22.1. The number of hydrogen-bond donors (Lipinski definition) is 1. The number of rotatable bonds is 3. The van der Waals surface area contributed by atoms with Crippen molar-refractivity contribution in [2.75, 3.05) is 18.1 Å². The zero-order valence-corrected chi connectivity index (χ0v) is 9.20. The van der Waals surface area contributed by atoms with Crippen molar-refractivity contribution in [3.63, 3.8) is 0 Å². The Hall–Kier alpha value is -0.940. The van der Waals surface area contributed by atoms with Crippen LogP contribution in [0.1, 0.15) is 5.76 Å². The van der Waals surface area contributed by atoms with Gasteiger partial charge < -0.3 is 15.1 Å². The molecule has 2 N–H and O–H groups in total. The van der Waals surface area contributed by atoms with Crippen LogP contribution < -0.4 is 5.73 Å². The lowest BCUT2D eigenvalue weighted by Crippen LogP contribution is -2.49. The molecular formula is C10H14N2O2S. The molecule has 1 aliphatic rings. The first-order chi connectivity index (χ1) is 7.31. The number of furan rings is 1. The summed E-state index contributed by atoms with van der Waals surface area (Å²) in [4.78, 5) is 13.5. The second-order valence-electron chi connectivity index (χ2n) is 3.51. The molecular weight excluding hydrogens is 212 g/mol. The van der Waals surface area contributed by atoms with E-state index in [4.69, 9.17) is 10.2 Å². The number of nitrogens with two attached hydrogens (primary N) is 1. The molecule has 0 aliphatic carbocycles. The Morgan fingerprint density at radius 1 is 1.67 bits per heavy atom. The molecule has 2 rings (SSSR count). The summed E-state index contributed by atoms with van der Waals surface area (Å²) in [6.07, 6.45) is 1.62. The Bertz CT molecular complexity index is 326. The van der Waals surface area contributed by atoms with Gasteiger partial charge in [-0.2, -0.15) is 0 Å². The zero-order valence-electron chi connectivity index (χ0n) is 8.39. The van der Waals surface area contributed by atoms with Gasteiger partial charge in [-0.05, 0) is 12.1 Å². The fourth-order valence-corrected chi connectivity index (χ4v) is 2.69. The molecule has 1 aromatic rings. The molecule has 1 amide bonds. The summed E-state index contributed by atoms with van der Waals surface area (Å²) < 4.78 is 5.24. The number of thioether (sulfide) groups is 1. The van der Waals surface area contributed by atoms with Crippen LogP contribution in [0.3, 0.4) is 0 Å². The lowest BCUT2D eigenvalue weighted by atomic mass is 10.2. The van der Waals surface area contributed by atoms with Gasteiger partial charge in [0, 0.05) is 12.3 Å². The van der Waals surface area contributed by atoms with E-state index in [0.29, 0.717) is 18.8 Å². The van der Waals surface area contributed by atoms with Gasteiger partial charge in [0.15, 0.2) is 0 Å². The first-order valence-corrected chi connectivity index (χ1v) is 6.06. The molecule has 15 heavy (non-hydrogen) atoms. The predicted octanol–water partition coefficient (Wildman–Crippen LogP) is 0.682. The quantitative estimate of drug-likeness (QED) is 0.823. The summed E-state index contributed by atoms with van der Waals surface area (Å²) in [6.45, 7) is 1.05. The van der Waals surface area contributed by atoms with Gasteiger partial charge in [-0.3, -0.25) is 4.79 Å². The summed E-state index contributed by atoms with van der Waals surface area (Å²) in [6, 6.07) is 3.85. The number of amides is 1. The van der Waals surface area contributed by atoms with Crippen LogP contribution in [0.4, 0.5) is 0 Å². The smallest absolute Gasteiger partial charge is 0.233 e. The van der Waals surface area contributed by atoms with Crippen LogP contribution in [0.2, 0.25) is 0 Å². The van der Waals surface area contributed by atoms with Crippen molar-refractivity contribution in [3.8, 4) is 0 Å². The number of carbonyl (C=O) groups excluding carboxylic acids is 1. The van der Waals surface area contributed by atoms with Crippen LogP contribution >= 0.6 is 11.8 Å². The summed E-state index contributed by atoms with van der Waals surface area (Å²) in [5.74, 6) is 2.44. The molecule has 4 nitrogen and oxygen atoms in total. The van der Waals surface area contributed by atoms with Crippen LogP contribution in [-0.2, 0) is 11.3 Å². The van der Waals surface area contributed by atoms with Gasteiger partial charge in [0.2, 0.25) is 5.91 Å². The van der Waals surface area contributed by atoms with Crippen molar-refractivity contribution in [2.24, 2.45) is 5.73 Å². The largest absolute Gasteiger partial charge is 0.467 e. The Morgan fingerprint density at radius 3 is 3.20 bits per heavy atom. The lowest BCUT2D eigenvalue weighted by molar-refractivity contribution is -0.131. The molecule has 0 aromatic carbocycles. The molecule has 1 fully saturated rings. The van der Waals surface area contributed by atoms with Gasteiger partial charge in [-0.15, -0.1) is 11.8 Å². The molecule has 0 spiro atoms. The molecule has 1 saturated heterocycles. The molecule has 82 valence electrons. The highest BCUT2D eigenvalue weighted by atomic mass is 32.2. The van der Waals surface area contributed by atoms with Gasteiger partial charge in [0.05, 0.1) is 24.6 Å². The highest BCUT2D eigenvalue weighted by molar-refractivity contribution is 8.00. The number of carbonyl (C=O) groups is 1. The maximum Gasteiger partial charge on any atom is 0.233 e. The molecule has 1 unspecified atom stereocenters. The Labute approximate surface area is 92.8 Å². The minimum Gasteiger partial charge on any atom is -0.467 e. The van der Waals surface area contributed by atoms with Crippen LogP contribution in [-0.4, -0.2) is 34.9 Å². The zero-order chi connectivity index (χ0) is 10.7. The SMILES string of the molecule is NCC1CSCC(=O)N1Cc1ccco1. The van der Waals surface area contributed by atoms with Crippen LogP contribution in [0, 0.1) is 0 Å². The van der Waals surface area contributed by atoms with Gasteiger partial charge in [-0.1, -0.05) is 0 Å². The van der Waals surface area contributed by atoms with E-state index >= 15 is 0 Å². The van der Waals surface area contributed by atoms with Crippen LogP contribution in [0.25, 0.3) is 0 Å². The standard InChI is InChI=1S/C10H14N2O2S/c11-4-8-6-15-7-10(13)12(8)5-9-2-1-3-14-9/h1-3,8H,4-7,11H2. The summed E-state index contributed by atoms with van der Waals surface area (Å²) in [5, 5.41) is 0. The van der Waals surface area contributed by atoms with E-state index < -0.39 is 0 Å². The molecule has 1 atom stereocenters.